The molecule has 0 aliphatic rings. The van der Waals surface area contributed by atoms with Crippen molar-refractivity contribution in [2.45, 2.75) is 110 Å². The normalized spacial score (nSPS) is 10.3. The van der Waals surface area contributed by atoms with E-state index in [1.165, 1.54) is 89.9 Å². The van der Waals surface area contributed by atoms with Crippen LogP contribution in [0.4, 0.5) is 0 Å². The first-order valence-corrected chi connectivity index (χ1v) is 12.9. The molecule has 160 valence electrons. The summed E-state index contributed by atoms with van der Waals surface area (Å²) in [6.07, 6.45) is 21.8. The van der Waals surface area contributed by atoms with Gasteiger partial charge in [0.2, 0.25) is 0 Å². The van der Waals surface area contributed by atoms with E-state index in [4.69, 9.17) is 5.11 Å². The van der Waals surface area contributed by atoms with Crippen molar-refractivity contribution in [3.05, 3.63) is 35.9 Å². The number of unbranched alkanes of at least 4 members (excludes halogenated alkanes) is 14. The molecule has 0 aliphatic heterocycles. The maximum atomic E-state index is 10.8. The van der Waals surface area contributed by atoms with Crippen LogP contribution < -0.4 is 0 Å². The molecular formula is C25H41NaO3. The van der Waals surface area contributed by atoms with E-state index in [0.29, 0.717) is 8.60 Å². The van der Waals surface area contributed by atoms with Crippen molar-refractivity contribution < 1.29 is 14.7 Å². The number of carboxylic acid groups (broad SMARTS) is 1. The molecule has 0 atom stereocenters. The van der Waals surface area contributed by atoms with Crippen LogP contribution in [-0.2, 0) is 4.79 Å². The summed E-state index contributed by atoms with van der Waals surface area (Å²) in [4.78, 5) is 21.0. The summed E-state index contributed by atoms with van der Waals surface area (Å²) in [5, 5.41) is 8.38. The number of aromatic carboxylic acids is 1. The number of benzene rings is 1. The predicted octanol–water partition coefficient (Wildman–Crippen LogP) is 7.33. The van der Waals surface area contributed by atoms with E-state index in [2.05, 4.69) is 6.92 Å². The smallest absolute Gasteiger partial charge is 0.335 e. The molecule has 0 spiro atoms. The molecule has 0 aromatic heterocycles. The summed E-state index contributed by atoms with van der Waals surface area (Å²) in [5.74, 6) is -0.879. The van der Waals surface area contributed by atoms with E-state index in [1.54, 1.807) is 30.3 Å². The fraction of sp³-hybridized carbons (Fsp3) is 0.680. The van der Waals surface area contributed by atoms with Crippen molar-refractivity contribution >= 4 is 36.9 Å². The minimum Gasteiger partial charge on any atom is -0.478 e. The average Bonchev–Trinajstić information content (AvgIpc) is 2.72. The van der Waals surface area contributed by atoms with Gasteiger partial charge < -0.3 is 5.11 Å². The predicted molar refractivity (Wildman–Crippen MR) is 124 cm³/mol. The van der Waals surface area contributed by atoms with E-state index >= 15 is 0 Å². The first kappa shape index (κ1) is 28.4. The van der Waals surface area contributed by atoms with Gasteiger partial charge in [0.25, 0.3) is 0 Å². The van der Waals surface area contributed by atoms with Gasteiger partial charge in [-0.15, -0.1) is 0 Å². The molecule has 0 bridgehead atoms. The molecule has 3 nitrogen and oxygen atoms in total. The van der Waals surface area contributed by atoms with Gasteiger partial charge in [-0.1, -0.05) is 57.2 Å². The van der Waals surface area contributed by atoms with E-state index in [9.17, 15) is 9.59 Å². The molecule has 0 saturated heterocycles. The maximum Gasteiger partial charge on any atom is 0.335 e. The Bertz CT molecular complexity index is 502. The summed E-state index contributed by atoms with van der Waals surface area (Å²) in [7, 11) is 0. The van der Waals surface area contributed by atoms with Gasteiger partial charge in [-0.3, -0.25) is 0 Å². The summed E-state index contributed by atoms with van der Waals surface area (Å²) in [6, 6.07) is 8.30. The minimum absolute atomic E-state index is 0.331. The van der Waals surface area contributed by atoms with Crippen molar-refractivity contribution in [2.75, 3.05) is 0 Å². The first-order valence-electron chi connectivity index (χ1n) is 11.9. The number of carbonyl (C=O) groups excluding carboxylic acids is 1. The van der Waals surface area contributed by atoms with Crippen LogP contribution in [0.5, 0.6) is 0 Å². The zero-order valence-corrected chi connectivity index (χ0v) is 21.0. The van der Waals surface area contributed by atoms with E-state index in [1.807, 2.05) is 0 Å². The molecule has 4 heteroatoms. The summed E-state index contributed by atoms with van der Waals surface area (Å²) in [6.45, 7) is 2.28. The van der Waals surface area contributed by atoms with Gasteiger partial charge in [0.15, 0.2) is 0 Å². The number of carbonyl (C=O) groups is 2. The number of hydrogen-bond donors (Lipinski definition) is 1. The van der Waals surface area contributed by atoms with Crippen LogP contribution in [0.1, 0.15) is 120 Å². The molecule has 0 heterocycles. The molecule has 29 heavy (non-hydrogen) atoms. The third-order valence-electron chi connectivity index (χ3n) is 5.15. The molecule has 0 unspecified atom stereocenters. The molecule has 0 aliphatic carbocycles. The van der Waals surface area contributed by atoms with E-state index in [-0.39, 0.29) is 0 Å². The number of carboxylic acids is 1. The Morgan fingerprint density at radius 1 is 0.690 bits per heavy atom. The molecular weight excluding hydrogens is 371 g/mol. The topological polar surface area (TPSA) is 54.4 Å². The second-order valence-electron chi connectivity index (χ2n) is 8.07. The minimum atomic E-state index is -0.879. The van der Waals surface area contributed by atoms with Gasteiger partial charge in [0.05, 0.1) is 5.56 Å². The molecule has 0 saturated carbocycles. The first-order chi connectivity index (χ1) is 14.1. The van der Waals surface area contributed by atoms with Gasteiger partial charge >= 0.3 is 112 Å². The van der Waals surface area contributed by atoms with Crippen molar-refractivity contribution in [1.82, 2.24) is 0 Å². The van der Waals surface area contributed by atoms with E-state index in [0.717, 1.165) is 40.8 Å². The van der Waals surface area contributed by atoms with Gasteiger partial charge in [0.1, 0.15) is 0 Å². The van der Waals surface area contributed by atoms with Crippen LogP contribution in [-0.4, -0.2) is 42.0 Å². The Balaban J connectivity index is 0.000000717. The van der Waals surface area contributed by atoms with Gasteiger partial charge in [-0.05, 0) is 12.1 Å². The van der Waals surface area contributed by atoms with Crippen molar-refractivity contribution in [1.29, 1.82) is 0 Å². The maximum absolute atomic E-state index is 10.8. The quantitative estimate of drug-likeness (QED) is 0.215. The van der Waals surface area contributed by atoms with Crippen LogP contribution in [0, 0.1) is 0 Å². The molecule has 1 rings (SSSR count). The number of rotatable bonds is 17. The third-order valence-corrected chi connectivity index (χ3v) is 5.65. The van der Waals surface area contributed by atoms with Crippen LogP contribution >= 0.6 is 0 Å². The van der Waals surface area contributed by atoms with Gasteiger partial charge in [-0.2, -0.15) is 0 Å². The zero-order valence-electron chi connectivity index (χ0n) is 19.0. The molecule has 1 aromatic carbocycles. The molecule has 1 N–H and O–H groups in total. The standard InChI is InChI=1S/C18H35O.C7H6O2.Na/c1-2-3-4-5-6-7-8-9-10-11-12-13-14-15-16-17-18-19;8-7(9)6-4-2-1-3-5-6;/h2-17H2,1H3;1-5H,(H,8,9);. The largest absolute Gasteiger partial charge is 0.478 e. The summed E-state index contributed by atoms with van der Waals surface area (Å²) < 4.78 is 0.486. The van der Waals surface area contributed by atoms with Gasteiger partial charge in [0, 0.05) is 0 Å². The Morgan fingerprint density at radius 3 is 1.38 bits per heavy atom. The van der Waals surface area contributed by atoms with Crippen molar-refractivity contribution in [2.24, 2.45) is 0 Å². The fourth-order valence-corrected chi connectivity index (χ4v) is 3.68. The van der Waals surface area contributed by atoms with Crippen LogP contribution in [0.25, 0.3) is 0 Å². The molecule has 1 aromatic rings. The molecule has 0 amide bonds. The van der Waals surface area contributed by atoms with Crippen LogP contribution in [0.3, 0.4) is 0 Å². The Morgan fingerprint density at radius 2 is 1.07 bits per heavy atom. The van der Waals surface area contributed by atoms with Crippen LogP contribution in [0.2, 0.25) is 0 Å². The second kappa shape index (κ2) is 22.1. The fourth-order valence-electron chi connectivity index (χ4n) is 3.33. The van der Waals surface area contributed by atoms with Crippen LogP contribution in [0.15, 0.2) is 30.3 Å². The monoisotopic (exact) mass is 412 g/mol. The average molecular weight is 413 g/mol. The SMILES string of the molecule is CCCCCCCCCCCCCCCCC[C](=O)[Na].O=C(O)c1ccccc1. The Hall–Kier alpha value is -0.640. The third kappa shape index (κ3) is 21.9. The Kier molecular flexibility index (Phi) is 21.6. The zero-order chi connectivity index (χ0) is 21.6. The summed E-state index contributed by atoms with van der Waals surface area (Å²) in [5.41, 5.74) is 0.331. The molecule has 0 radical (unpaired) electrons. The summed E-state index contributed by atoms with van der Waals surface area (Å²) >= 11 is 0.751. The van der Waals surface area contributed by atoms with Crippen molar-refractivity contribution in [3.63, 3.8) is 0 Å². The second-order valence-corrected chi connectivity index (χ2v) is 9.19. The Labute approximate surface area is 196 Å². The molecule has 0 fully saturated rings. The van der Waals surface area contributed by atoms with E-state index < -0.39 is 5.97 Å². The van der Waals surface area contributed by atoms with Crippen molar-refractivity contribution in [3.8, 4) is 0 Å². The number of hydrogen-bond acceptors (Lipinski definition) is 2. The van der Waals surface area contributed by atoms with Gasteiger partial charge in [-0.25, -0.2) is 4.79 Å².